The molecule has 0 bridgehead atoms. The van der Waals surface area contributed by atoms with Gasteiger partial charge < -0.3 is 14.6 Å². The Labute approximate surface area is 119 Å². The quantitative estimate of drug-likeness (QED) is 0.875. The van der Waals surface area contributed by atoms with E-state index >= 15 is 0 Å². The average molecular weight is 276 g/mol. The number of hydrogen-bond acceptors (Lipinski definition) is 3. The molecule has 1 N–H and O–H groups in total. The van der Waals surface area contributed by atoms with Crippen LogP contribution in [0.25, 0.3) is 0 Å². The molecule has 1 aromatic heterocycles. The smallest absolute Gasteiger partial charge is 0.125 e. The number of halogens is 1. The molecule has 0 spiro atoms. The molecule has 2 aromatic rings. The summed E-state index contributed by atoms with van der Waals surface area (Å²) in [5, 5.41) is 3.24. The van der Waals surface area contributed by atoms with E-state index in [2.05, 4.69) is 18.3 Å². The van der Waals surface area contributed by atoms with E-state index in [0.29, 0.717) is 6.54 Å². The average Bonchev–Trinajstić information content (AvgIpc) is 2.77. The van der Waals surface area contributed by atoms with Crippen LogP contribution in [0.2, 0.25) is 0 Å². The van der Waals surface area contributed by atoms with E-state index in [1.54, 1.807) is 6.07 Å². The maximum absolute atomic E-state index is 13.2. The van der Waals surface area contributed by atoms with Crippen LogP contribution in [0.5, 0.6) is 0 Å². The Hall–Kier alpha value is -1.81. The van der Waals surface area contributed by atoms with Gasteiger partial charge in [-0.1, -0.05) is 13.0 Å². The number of nitrogens with zero attached hydrogens (tertiary/aromatic N) is 1. The summed E-state index contributed by atoms with van der Waals surface area (Å²) in [6.45, 7) is 6.38. The Bertz CT molecular complexity index is 565. The normalized spacial score (nSPS) is 10.8. The second-order valence-corrected chi connectivity index (χ2v) is 4.91. The Morgan fingerprint density at radius 2 is 2.10 bits per heavy atom. The summed E-state index contributed by atoms with van der Waals surface area (Å²) in [4.78, 5) is 2.01. The Kier molecular flexibility index (Phi) is 4.79. The Morgan fingerprint density at radius 1 is 1.30 bits per heavy atom. The van der Waals surface area contributed by atoms with E-state index in [1.807, 2.05) is 24.9 Å². The van der Waals surface area contributed by atoms with Gasteiger partial charge >= 0.3 is 0 Å². The molecular weight excluding hydrogens is 255 g/mol. The minimum atomic E-state index is -0.217. The van der Waals surface area contributed by atoms with Gasteiger partial charge in [0, 0.05) is 24.8 Å². The zero-order valence-electron chi connectivity index (χ0n) is 12.2. The minimum Gasteiger partial charge on any atom is -0.465 e. The van der Waals surface area contributed by atoms with E-state index in [4.69, 9.17) is 4.42 Å². The van der Waals surface area contributed by atoms with Crippen molar-refractivity contribution in [2.45, 2.75) is 26.9 Å². The van der Waals surface area contributed by atoms with Crippen LogP contribution in [-0.4, -0.2) is 13.6 Å². The van der Waals surface area contributed by atoms with Crippen molar-refractivity contribution in [3.63, 3.8) is 0 Å². The van der Waals surface area contributed by atoms with Gasteiger partial charge in [-0.2, -0.15) is 0 Å². The van der Waals surface area contributed by atoms with Crippen molar-refractivity contribution in [3.05, 3.63) is 53.2 Å². The van der Waals surface area contributed by atoms with Crippen LogP contribution in [-0.2, 0) is 13.1 Å². The van der Waals surface area contributed by atoms with Crippen LogP contribution in [0.15, 0.2) is 34.7 Å². The molecule has 0 atom stereocenters. The summed E-state index contributed by atoms with van der Waals surface area (Å²) >= 11 is 0. The third-order valence-corrected chi connectivity index (χ3v) is 3.28. The summed E-state index contributed by atoms with van der Waals surface area (Å²) in [6, 6.07) is 8.68. The fourth-order valence-corrected chi connectivity index (χ4v) is 2.14. The second-order valence-electron chi connectivity index (χ2n) is 4.91. The first kappa shape index (κ1) is 14.6. The van der Waals surface area contributed by atoms with Crippen LogP contribution in [0.4, 0.5) is 10.1 Å². The highest BCUT2D eigenvalue weighted by Gasteiger charge is 2.10. The van der Waals surface area contributed by atoms with Crippen LogP contribution >= 0.6 is 0 Å². The van der Waals surface area contributed by atoms with Crippen LogP contribution in [0.1, 0.15) is 24.0 Å². The predicted octanol–water partition coefficient (Wildman–Crippen LogP) is 3.47. The fourth-order valence-electron chi connectivity index (χ4n) is 2.14. The van der Waals surface area contributed by atoms with Crippen molar-refractivity contribution in [1.29, 1.82) is 0 Å². The minimum absolute atomic E-state index is 0.217. The van der Waals surface area contributed by atoms with Gasteiger partial charge in [-0.25, -0.2) is 4.39 Å². The molecule has 0 unspecified atom stereocenters. The highest BCUT2D eigenvalue weighted by molar-refractivity contribution is 5.46. The molecule has 1 heterocycles. The second kappa shape index (κ2) is 6.57. The van der Waals surface area contributed by atoms with Crippen molar-refractivity contribution in [1.82, 2.24) is 5.32 Å². The molecule has 0 aliphatic rings. The molecule has 1 aromatic carbocycles. The molecule has 0 aliphatic heterocycles. The van der Waals surface area contributed by atoms with Crippen molar-refractivity contribution in [3.8, 4) is 0 Å². The lowest BCUT2D eigenvalue weighted by Crippen LogP contribution is -2.16. The summed E-state index contributed by atoms with van der Waals surface area (Å²) < 4.78 is 18.9. The van der Waals surface area contributed by atoms with Crippen molar-refractivity contribution < 1.29 is 8.81 Å². The zero-order chi connectivity index (χ0) is 14.5. The molecule has 4 heteroatoms. The first-order valence-corrected chi connectivity index (χ1v) is 6.85. The largest absolute Gasteiger partial charge is 0.465 e. The van der Waals surface area contributed by atoms with Crippen molar-refractivity contribution in [2.24, 2.45) is 0 Å². The number of rotatable bonds is 6. The standard InChI is InChI=1S/C16H21FN2O/c1-4-18-10-16-8-13(12(2)20-16)11-19(3)15-7-5-6-14(17)9-15/h5-9,18H,4,10-11H2,1-3H3. The van der Waals surface area contributed by atoms with E-state index in [1.165, 1.54) is 12.1 Å². The summed E-state index contributed by atoms with van der Waals surface area (Å²) in [6.07, 6.45) is 0. The molecule has 0 amide bonds. The van der Waals surface area contributed by atoms with E-state index in [9.17, 15) is 4.39 Å². The van der Waals surface area contributed by atoms with Gasteiger partial charge in [0.1, 0.15) is 17.3 Å². The number of benzene rings is 1. The fraction of sp³-hybridized carbons (Fsp3) is 0.375. The number of hydrogen-bond donors (Lipinski definition) is 1. The topological polar surface area (TPSA) is 28.4 Å². The molecule has 108 valence electrons. The maximum atomic E-state index is 13.2. The van der Waals surface area contributed by atoms with E-state index < -0.39 is 0 Å². The lowest BCUT2D eigenvalue weighted by molar-refractivity contribution is 0.463. The third kappa shape index (κ3) is 3.61. The Balaban J connectivity index is 2.07. The summed E-state index contributed by atoms with van der Waals surface area (Å²) in [7, 11) is 1.95. The van der Waals surface area contributed by atoms with Gasteiger partial charge in [0.05, 0.1) is 6.54 Å². The van der Waals surface area contributed by atoms with Gasteiger partial charge in [0.25, 0.3) is 0 Å². The van der Waals surface area contributed by atoms with Gasteiger partial charge in [0.2, 0.25) is 0 Å². The van der Waals surface area contributed by atoms with E-state index in [-0.39, 0.29) is 5.82 Å². The Morgan fingerprint density at radius 3 is 2.80 bits per heavy atom. The molecule has 0 saturated carbocycles. The van der Waals surface area contributed by atoms with E-state index in [0.717, 1.165) is 35.9 Å². The van der Waals surface area contributed by atoms with Gasteiger partial charge in [0.15, 0.2) is 0 Å². The molecular formula is C16H21FN2O. The van der Waals surface area contributed by atoms with Crippen LogP contribution < -0.4 is 10.2 Å². The SMILES string of the molecule is CCNCc1cc(CN(C)c2cccc(F)c2)c(C)o1. The molecule has 0 aliphatic carbocycles. The number of anilines is 1. The van der Waals surface area contributed by atoms with Crippen molar-refractivity contribution in [2.75, 3.05) is 18.5 Å². The maximum Gasteiger partial charge on any atom is 0.125 e. The van der Waals surface area contributed by atoms with Crippen LogP contribution in [0, 0.1) is 12.7 Å². The number of nitrogens with one attached hydrogen (secondary N) is 1. The highest BCUT2D eigenvalue weighted by Crippen LogP contribution is 2.20. The molecule has 3 nitrogen and oxygen atoms in total. The molecule has 2 rings (SSSR count). The predicted molar refractivity (Wildman–Crippen MR) is 79.3 cm³/mol. The molecule has 20 heavy (non-hydrogen) atoms. The number of aryl methyl sites for hydroxylation is 1. The zero-order valence-corrected chi connectivity index (χ0v) is 12.2. The lowest BCUT2D eigenvalue weighted by Gasteiger charge is -2.18. The van der Waals surface area contributed by atoms with Gasteiger partial charge in [-0.15, -0.1) is 0 Å². The lowest BCUT2D eigenvalue weighted by atomic mass is 10.2. The molecule has 0 saturated heterocycles. The summed E-state index contributed by atoms with van der Waals surface area (Å²) in [5.41, 5.74) is 1.99. The van der Waals surface area contributed by atoms with Gasteiger partial charge in [-0.05, 0) is 37.7 Å². The van der Waals surface area contributed by atoms with Gasteiger partial charge in [-0.3, -0.25) is 0 Å². The monoisotopic (exact) mass is 276 g/mol. The molecule has 0 radical (unpaired) electrons. The first-order chi connectivity index (χ1) is 9.60. The number of furan rings is 1. The first-order valence-electron chi connectivity index (χ1n) is 6.85. The van der Waals surface area contributed by atoms with Crippen molar-refractivity contribution >= 4 is 5.69 Å². The third-order valence-electron chi connectivity index (χ3n) is 3.28. The van der Waals surface area contributed by atoms with Crippen LogP contribution in [0.3, 0.4) is 0 Å². The molecule has 0 fully saturated rings. The highest BCUT2D eigenvalue weighted by atomic mass is 19.1. The summed E-state index contributed by atoms with van der Waals surface area (Å²) in [5.74, 6) is 1.64.